The van der Waals surface area contributed by atoms with Gasteiger partial charge in [-0.1, -0.05) is 18.2 Å². The summed E-state index contributed by atoms with van der Waals surface area (Å²) in [6, 6.07) is 18.2. The first-order valence-electron chi connectivity index (χ1n) is 6.52. The van der Waals surface area contributed by atoms with Gasteiger partial charge in [0.15, 0.2) is 5.43 Å². The van der Waals surface area contributed by atoms with Crippen molar-refractivity contribution in [2.45, 2.75) is 6.42 Å². The second kappa shape index (κ2) is 5.51. The normalized spacial score (nSPS) is 10.2. The van der Waals surface area contributed by atoms with Crippen molar-refractivity contribution in [3.05, 3.63) is 70.5 Å². The number of para-hydroxylation sites is 1. The molecule has 0 bridgehead atoms. The minimum absolute atomic E-state index is 0.118. The predicted octanol–water partition coefficient (Wildman–Crippen LogP) is 3.39. The standard InChI is InChI=1S/C17H12N2O2/c18-9-8-12-10-17(20)15-11-14(6-7-16(15)19-12)21-13-4-2-1-3-5-13/h1-7,10-11H,8H2,(H,19,20). The molecule has 1 aromatic heterocycles. The largest absolute Gasteiger partial charge is 0.457 e. The summed E-state index contributed by atoms with van der Waals surface area (Å²) < 4.78 is 5.71. The summed E-state index contributed by atoms with van der Waals surface area (Å²) in [6.45, 7) is 0. The maximum atomic E-state index is 12.1. The van der Waals surface area contributed by atoms with Crippen LogP contribution in [0.2, 0.25) is 0 Å². The van der Waals surface area contributed by atoms with Gasteiger partial charge in [0.2, 0.25) is 0 Å². The average molecular weight is 276 g/mol. The highest BCUT2D eigenvalue weighted by Gasteiger charge is 2.05. The second-order valence-electron chi connectivity index (χ2n) is 4.62. The van der Waals surface area contributed by atoms with E-state index < -0.39 is 0 Å². The van der Waals surface area contributed by atoms with Gasteiger partial charge in [0.25, 0.3) is 0 Å². The van der Waals surface area contributed by atoms with E-state index >= 15 is 0 Å². The fourth-order valence-electron chi connectivity index (χ4n) is 2.15. The van der Waals surface area contributed by atoms with Gasteiger partial charge in [-0.15, -0.1) is 0 Å². The third kappa shape index (κ3) is 2.77. The number of ether oxygens (including phenoxy) is 1. The van der Waals surface area contributed by atoms with Crippen molar-refractivity contribution >= 4 is 10.9 Å². The Morgan fingerprint density at radius 1 is 1.05 bits per heavy atom. The first kappa shape index (κ1) is 12.9. The van der Waals surface area contributed by atoms with Crippen molar-refractivity contribution in [1.29, 1.82) is 5.26 Å². The van der Waals surface area contributed by atoms with E-state index in [4.69, 9.17) is 10.00 Å². The Morgan fingerprint density at radius 2 is 1.86 bits per heavy atom. The lowest BCUT2D eigenvalue weighted by atomic mass is 10.1. The smallest absolute Gasteiger partial charge is 0.189 e. The Labute approximate surface area is 121 Å². The molecule has 2 aromatic carbocycles. The van der Waals surface area contributed by atoms with Crippen molar-refractivity contribution in [2.24, 2.45) is 0 Å². The number of hydrogen-bond acceptors (Lipinski definition) is 3. The molecule has 0 unspecified atom stereocenters. The van der Waals surface area contributed by atoms with Crippen LogP contribution in [0, 0.1) is 11.3 Å². The first-order chi connectivity index (χ1) is 10.3. The molecular weight excluding hydrogens is 264 g/mol. The molecule has 4 heteroatoms. The number of aromatic amines is 1. The Hall–Kier alpha value is -3.06. The molecule has 0 amide bonds. The molecule has 3 rings (SSSR count). The van der Waals surface area contributed by atoms with Crippen LogP contribution in [-0.4, -0.2) is 4.98 Å². The summed E-state index contributed by atoms with van der Waals surface area (Å²) in [5, 5.41) is 9.25. The topological polar surface area (TPSA) is 65.9 Å². The zero-order chi connectivity index (χ0) is 14.7. The Kier molecular flexibility index (Phi) is 3.40. The molecule has 3 aromatic rings. The summed E-state index contributed by atoms with van der Waals surface area (Å²) in [6.07, 6.45) is 0.188. The third-order valence-electron chi connectivity index (χ3n) is 3.11. The average Bonchev–Trinajstić information content (AvgIpc) is 2.49. The number of fused-ring (bicyclic) bond motifs is 1. The van der Waals surface area contributed by atoms with E-state index in [0.29, 0.717) is 22.3 Å². The predicted molar refractivity (Wildman–Crippen MR) is 80.4 cm³/mol. The molecule has 0 aliphatic carbocycles. The highest BCUT2D eigenvalue weighted by atomic mass is 16.5. The van der Waals surface area contributed by atoms with Crippen molar-refractivity contribution < 1.29 is 4.74 Å². The van der Waals surface area contributed by atoms with Gasteiger partial charge in [0, 0.05) is 22.7 Å². The molecule has 0 saturated carbocycles. The molecule has 102 valence electrons. The Morgan fingerprint density at radius 3 is 2.62 bits per heavy atom. The van der Waals surface area contributed by atoms with E-state index in [9.17, 15) is 4.79 Å². The van der Waals surface area contributed by atoms with Gasteiger partial charge in [-0.25, -0.2) is 0 Å². The van der Waals surface area contributed by atoms with Crippen LogP contribution in [0.5, 0.6) is 11.5 Å². The molecule has 0 spiro atoms. The molecule has 1 heterocycles. The van der Waals surface area contributed by atoms with E-state index in [1.165, 1.54) is 6.07 Å². The number of nitrogens with zero attached hydrogens (tertiary/aromatic N) is 1. The number of hydrogen-bond donors (Lipinski definition) is 1. The highest BCUT2D eigenvalue weighted by molar-refractivity contribution is 5.80. The maximum Gasteiger partial charge on any atom is 0.189 e. The highest BCUT2D eigenvalue weighted by Crippen LogP contribution is 2.23. The number of aromatic nitrogens is 1. The Balaban J connectivity index is 2.01. The van der Waals surface area contributed by atoms with Crippen molar-refractivity contribution in [3.8, 4) is 17.6 Å². The zero-order valence-electron chi connectivity index (χ0n) is 11.2. The molecule has 0 aliphatic rings. The van der Waals surface area contributed by atoms with Crippen molar-refractivity contribution in [2.75, 3.05) is 0 Å². The number of H-pyrrole nitrogens is 1. The van der Waals surface area contributed by atoms with E-state index in [2.05, 4.69) is 4.98 Å². The van der Waals surface area contributed by atoms with Crippen molar-refractivity contribution in [1.82, 2.24) is 4.98 Å². The summed E-state index contributed by atoms with van der Waals surface area (Å²) in [5.41, 5.74) is 1.20. The molecule has 1 N–H and O–H groups in total. The van der Waals surface area contributed by atoms with Crippen LogP contribution in [0.15, 0.2) is 59.4 Å². The minimum atomic E-state index is -0.118. The quantitative estimate of drug-likeness (QED) is 0.797. The molecule has 4 nitrogen and oxygen atoms in total. The fourth-order valence-corrected chi connectivity index (χ4v) is 2.15. The summed E-state index contributed by atoms with van der Waals surface area (Å²) in [5.74, 6) is 1.32. The number of benzene rings is 2. The van der Waals surface area contributed by atoms with Gasteiger partial charge in [-0.05, 0) is 30.3 Å². The van der Waals surface area contributed by atoms with Gasteiger partial charge >= 0.3 is 0 Å². The van der Waals surface area contributed by atoms with Crippen LogP contribution in [0.3, 0.4) is 0 Å². The molecule has 0 fully saturated rings. The van der Waals surface area contributed by atoms with Gasteiger partial charge in [-0.3, -0.25) is 4.79 Å². The molecule has 0 atom stereocenters. The Bertz CT molecular complexity index is 877. The summed E-state index contributed by atoms with van der Waals surface area (Å²) in [4.78, 5) is 15.2. The van der Waals surface area contributed by atoms with Gasteiger partial charge in [-0.2, -0.15) is 5.26 Å². The molecule has 21 heavy (non-hydrogen) atoms. The second-order valence-corrected chi connectivity index (χ2v) is 4.62. The fraction of sp³-hybridized carbons (Fsp3) is 0.0588. The third-order valence-corrected chi connectivity index (χ3v) is 3.11. The molecule has 0 radical (unpaired) electrons. The van der Waals surface area contributed by atoms with E-state index in [1.54, 1.807) is 18.2 Å². The monoisotopic (exact) mass is 276 g/mol. The summed E-state index contributed by atoms with van der Waals surface area (Å²) >= 11 is 0. The lowest BCUT2D eigenvalue weighted by Gasteiger charge is -2.07. The van der Waals surface area contributed by atoms with Crippen LogP contribution in [0.25, 0.3) is 10.9 Å². The summed E-state index contributed by atoms with van der Waals surface area (Å²) in [7, 11) is 0. The lowest BCUT2D eigenvalue weighted by molar-refractivity contribution is 0.483. The number of rotatable bonds is 3. The lowest BCUT2D eigenvalue weighted by Crippen LogP contribution is -2.05. The van der Waals surface area contributed by atoms with Gasteiger partial charge < -0.3 is 9.72 Å². The first-order valence-corrected chi connectivity index (χ1v) is 6.52. The van der Waals surface area contributed by atoms with Crippen LogP contribution in [0.1, 0.15) is 5.69 Å². The van der Waals surface area contributed by atoms with Gasteiger partial charge in [0.1, 0.15) is 11.5 Å². The molecule has 0 aliphatic heterocycles. The zero-order valence-corrected chi connectivity index (χ0v) is 11.2. The van der Waals surface area contributed by atoms with E-state index in [-0.39, 0.29) is 11.8 Å². The number of nitrogens with one attached hydrogen (secondary N) is 1. The van der Waals surface area contributed by atoms with E-state index in [1.807, 2.05) is 36.4 Å². The van der Waals surface area contributed by atoms with Crippen LogP contribution in [-0.2, 0) is 6.42 Å². The van der Waals surface area contributed by atoms with Crippen molar-refractivity contribution in [3.63, 3.8) is 0 Å². The van der Waals surface area contributed by atoms with E-state index in [0.717, 1.165) is 5.75 Å². The minimum Gasteiger partial charge on any atom is -0.457 e. The molecular formula is C17H12N2O2. The SMILES string of the molecule is N#CCc1cc(=O)c2cc(Oc3ccccc3)ccc2[nH]1. The molecule has 0 saturated heterocycles. The van der Waals surface area contributed by atoms with Gasteiger partial charge in [0.05, 0.1) is 12.5 Å². The van der Waals surface area contributed by atoms with Crippen LogP contribution < -0.4 is 10.2 Å². The maximum absolute atomic E-state index is 12.1. The van der Waals surface area contributed by atoms with Crippen LogP contribution in [0.4, 0.5) is 0 Å². The number of pyridine rings is 1. The number of nitriles is 1. The van der Waals surface area contributed by atoms with Crippen LogP contribution >= 0.6 is 0 Å².